The second kappa shape index (κ2) is 8.62. The maximum atomic E-state index is 11.5. The van der Waals surface area contributed by atoms with Crippen molar-refractivity contribution in [3.8, 4) is 0 Å². The number of ether oxygens (including phenoxy) is 1. The van der Waals surface area contributed by atoms with Crippen molar-refractivity contribution in [2.24, 2.45) is 0 Å². The summed E-state index contributed by atoms with van der Waals surface area (Å²) >= 11 is 22.7. The predicted octanol–water partition coefficient (Wildman–Crippen LogP) is 3.72. The molecule has 0 aliphatic carbocycles. The average Bonchev–Trinajstić information content (AvgIpc) is 2.40. The molecule has 122 valence electrons. The largest absolute Gasteiger partial charge is 0.450 e. The highest BCUT2D eigenvalue weighted by Crippen LogP contribution is 2.29. The van der Waals surface area contributed by atoms with Crippen LogP contribution in [0.5, 0.6) is 0 Å². The number of nitrogens with one attached hydrogen (secondary N) is 3. The highest BCUT2D eigenvalue weighted by molar-refractivity contribution is 7.80. The third-order valence-corrected chi connectivity index (χ3v) is 3.41. The molecule has 0 saturated carbocycles. The van der Waals surface area contributed by atoms with Crippen LogP contribution >= 0.6 is 47.0 Å². The van der Waals surface area contributed by atoms with Crippen molar-refractivity contribution in [3.63, 3.8) is 0 Å². The minimum atomic E-state index is -1.82. The molecule has 1 unspecified atom stereocenters. The Hall–Kier alpha value is -0.950. The summed E-state index contributed by atoms with van der Waals surface area (Å²) in [5.41, 5.74) is 1.80. The van der Waals surface area contributed by atoms with E-state index in [1.165, 1.54) is 0 Å². The molecule has 1 atom stereocenters. The fourth-order valence-electron chi connectivity index (χ4n) is 1.49. The molecular formula is C13H16Cl3N3O2S. The smallest absolute Gasteiger partial charge is 0.408 e. The number of rotatable bonds is 4. The second-order valence-corrected chi connectivity index (χ2v) is 7.03. The van der Waals surface area contributed by atoms with Crippen LogP contribution < -0.4 is 16.0 Å². The summed E-state index contributed by atoms with van der Waals surface area (Å²) in [7, 11) is 0. The number of anilines is 1. The lowest BCUT2D eigenvalue weighted by Crippen LogP contribution is -2.56. The Bertz CT molecular complexity index is 538. The fraction of sp³-hybridized carbons (Fsp3) is 0.385. The number of amides is 1. The van der Waals surface area contributed by atoms with E-state index in [2.05, 4.69) is 16.0 Å². The van der Waals surface area contributed by atoms with Gasteiger partial charge in [0, 0.05) is 5.69 Å². The van der Waals surface area contributed by atoms with Gasteiger partial charge in [0.25, 0.3) is 0 Å². The monoisotopic (exact) mass is 383 g/mol. The zero-order valence-corrected chi connectivity index (χ0v) is 15.0. The summed E-state index contributed by atoms with van der Waals surface area (Å²) in [6, 6.07) is 7.55. The molecule has 3 N–H and O–H groups in total. The molecule has 1 amide bonds. The van der Waals surface area contributed by atoms with Gasteiger partial charge in [-0.05, 0) is 37.7 Å². The Balaban J connectivity index is 2.71. The lowest BCUT2D eigenvalue weighted by atomic mass is 10.2. The SMILES string of the molecule is CCOC(=O)NC(NC(=S)Nc1ccccc1C)C(Cl)(Cl)Cl. The molecule has 0 heterocycles. The fourth-order valence-corrected chi connectivity index (χ4v) is 2.05. The number of carbonyl (C=O) groups excluding carboxylic acids is 1. The summed E-state index contributed by atoms with van der Waals surface area (Å²) in [5, 5.41) is 8.30. The van der Waals surface area contributed by atoms with E-state index in [1.54, 1.807) is 6.92 Å². The van der Waals surface area contributed by atoms with Crippen LogP contribution in [0, 0.1) is 6.92 Å². The number of hydrogen-bond acceptors (Lipinski definition) is 3. The van der Waals surface area contributed by atoms with Crippen molar-refractivity contribution in [2.45, 2.75) is 23.8 Å². The Labute approximate surface area is 149 Å². The molecule has 0 radical (unpaired) electrons. The highest BCUT2D eigenvalue weighted by atomic mass is 35.6. The van der Waals surface area contributed by atoms with Gasteiger partial charge in [0.05, 0.1) is 6.61 Å². The van der Waals surface area contributed by atoms with Crippen LogP contribution in [0.3, 0.4) is 0 Å². The lowest BCUT2D eigenvalue weighted by Gasteiger charge is -2.27. The van der Waals surface area contributed by atoms with Crippen LogP contribution in [0.25, 0.3) is 0 Å². The topological polar surface area (TPSA) is 62.4 Å². The van der Waals surface area contributed by atoms with Gasteiger partial charge in [-0.2, -0.15) is 0 Å². The van der Waals surface area contributed by atoms with E-state index < -0.39 is 16.1 Å². The van der Waals surface area contributed by atoms with Gasteiger partial charge in [0.15, 0.2) is 11.3 Å². The zero-order chi connectivity index (χ0) is 16.8. The molecule has 0 spiro atoms. The van der Waals surface area contributed by atoms with Gasteiger partial charge in [0.2, 0.25) is 3.79 Å². The zero-order valence-electron chi connectivity index (χ0n) is 12.0. The molecule has 0 bridgehead atoms. The Kier molecular flexibility index (Phi) is 7.48. The molecule has 0 fully saturated rings. The van der Waals surface area contributed by atoms with Crippen LogP contribution in [0.1, 0.15) is 12.5 Å². The maximum absolute atomic E-state index is 11.5. The third-order valence-electron chi connectivity index (χ3n) is 2.53. The first-order valence-electron chi connectivity index (χ1n) is 6.37. The summed E-state index contributed by atoms with van der Waals surface area (Å²) in [5.74, 6) is 0. The first-order chi connectivity index (χ1) is 10.2. The number of aryl methyl sites for hydroxylation is 1. The maximum Gasteiger partial charge on any atom is 0.408 e. The second-order valence-electron chi connectivity index (χ2n) is 4.25. The molecule has 22 heavy (non-hydrogen) atoms. The summed E-state index contributed by atoms with van der Waals surface area (Å²) in [4.78, 5) is 11.5. The van der Waals surface area contributed by atoms with E-state index in [4.69, 9.17) is 51.8 Å². The molecule has 1 aromatic rings. The Morgan fingerprint density at radius 1 is 1.32 bits per heavy atom. The molecule has 1 aromatic carbocycles. The van der Waals surface area contributed by atoms with Crippen molar-refractivity contribution in [1.29, 1.82) is 0 Å². The molecule has 0 aliphatic rings. The summed E-state index contributed by atoms with van der Waals surface area (Å²) in [6.07, 6.45) is -1.77. The number of alkyl halides is 3. The number of benzene rings is 1. The van der Waals surface area contributed by atoms with E-state index in [0.29, 0.717) is 0 Å². The van der Waals surface area contributed by atoms with Crippen LogP contribution in [-0.2, 0) is 4.74 Å². The summed E-state index contributed by atoms with van der Waals surface area (Å²) in [6.45, 7) is 3.79. The van der Waals surface area contributed by atoms with Crippen LogP contribution in [0.4, 0.5) is 10.5 Å². The molecule has 0 saturated heterocycles. The quantitative estimate of drug-likeness (QED) is 0.419. The normalized spacial score (nSPS) is 12.2. The van der Waals surface area contributed by atoms with E-state index in [1.807, 2.05) is 31.2 Å². The van der Waals surface area contributed by atoms with Crippen molar-refractivity contribution in [1.82, 2.24) is 10.6 Å². The minimum absolute atomic E-state index is 0.197. The van der Waals surface area contributed by atoms with Gasteiger partial charge in [-0.15, -0.1) is 0 Å². The molecule has 0 aliphatic heterocycles. The Morgan fingerprint density at radius 3 is 2.50 bits per heavy atom. The van der Waals surface area contributed by atoms with E-state index in [0.717, 1.165) is 11.3 Å². The minimum Gasteiger partial charge on any atom is -0.450 e. The first-order valence-corrected chi connectivity index (χ1v) is 7.91. The van der Waals surface area contributed by atoms with Crippen LogP contribution in [0.15, 0.2) is 24.3 Å². The summed E-state index contributed by atoms with van der Waals surface area (Å²) < 4.78 is 2.94. The Morgan fingerprint density at radius 2 is 1.95 bits per heavy atom. The van der Waals surface area contributed by atoms with Crippen molar-refractivity contribution < 1.29 is 9.53 Å². The number of alkyl carbamates (subject to hydrolysis) is 1. The van der Waals surface area contributed by atoms with E-state index >= 15 is 0 Å². The third kappa shape index (κ3) is 6.44. The van der Waals surface area contributed by atoms with E-state index in [9.17, 15) is 4.79 Å². The average molecular weight is 385 g/mol. The van der Waals surface area contributed by atoms with Gasteiger partial charge < -0.3 is 15.4 Å². The first kappa shape index (κ1) is 19.1. The lowest BCUT2D eigenvalue weighted by molar-refractivity contribution is 0.147. The van der Waals surface area contributed by atoms with Gasteiger partial charge in [-0.3, -0.25) is 5.32 Å². The predicted molar refractivity (Wildman–Crippen MR) is 94.8 cm³/mol. The van der Waals surface area contributed by atoms with Crippen molar-refractivity contribution >= 4 is 63.9 Å². The van der Waals surface area contributed by atoms with Gasteiger partial charge >= 0.3 is 6.09 Å². The molecule has 5 nitrogen and oxygen atoms in total. The highest BCUT2D eigenvalue weighted by Gasteiger charge is 2.35. The van der Waals surface area contributed by atoms with Crippen LogP contribution in [-0.4, -0.2) is 27.8 Å². The number of carbonyl (C=O) groups is 1. The van der Waals surface area contributed by atoms with Crippen LogP contribution in [0.2, 0.25) is 0 Å². The van der Waals surface area contributed by atoms with Gasteiger partial charge in [0.1, 0.15) is 0 Å². The van der Waals surface area contributed by atoms with Crippen molar-refractivity contribution in [3.05, 3.63) is 29.8 Å². The van der Waals surface area contributed by atoms with E-state index in [-0.39, 0.29) is 11.7 Å². The molecule has 1 rings (SSSR count). The van der Waals surface area contributed by atoms with Gasteiger partial charge in [-0.25, -0.2) is 4.79 Å². The number of hydrogen-bond donors (Lipinski definition) is 3. The van der Waals surface area contributed by atoms with Gasteiger partial charge in [-0.1, -0.05) is 53.0 Å². The van der Waals surface area contributed by atoms with Crippen molar-refractivity contribution in [2.75, 3.05) is 11.9 Å². The standard InChI is InChI=1S/C13H16Cl3N3O2S/c1-3-21-12(20)19-10(13(14,15)16)18-11(22)17-9-7-5-4-6-8(9)2/h4-7,10H,3H2,1-2H3,(H,19,20)(H2,17,18,22). The number of thiocarbonyl (C=S) groups is 1. The molecule has 0 aromatic heterocycles. The number of para-hydroxylation sites is 1. The number of halogens is 3. The molecule has 9 heteroatoms. The molecular weight excluding hydrogens is 369 g/mol.